The molecular formula is C14H23N5O2. The first-order valence-electron chi connectivity index (χ1n) is 7.39. The molecule has 0 amide bonds. The Hall–Kier alpha value is -1.92. The van der Waals surface area contributed by atoms with E-state index in [0.29, 0.717) is 29.3 Å². The highest BCUT2D eigenvalue weighted by atomic mass is 16.6. The van der Waals surface area contributed by atoms with E-state index in [-0.39, 0.29) is 10.6 Å². The van der Waals surface area contributed by atoms with Crippen molar-refractivity contribution in [1.82, 2.24) is 9.97 Å². The molecule has 1 fully saturated rings. The van der Waals surface area contributed by atoms with Crippen LogP contribution >= 0.6 is 0 Å². The van der Waals surface area contributed by atoms with Crippen molar-refractivity contribution < 1.29 is 4.92 Å². The molecule has 0 unspecified atom stereocenters. The zero-order valence-electron chi connectivity index (χ0n) is 13.1. The maximum atomic E-state index is 11.3. The van der Waals surface area contributed by atoms with Gasteiger partial charge >= 0.3 is 5.69 Å². The number of nitrogens with zero attached hydrogens (tertiary/aromatic N) is 4. The molecule has 2 rings (SSSR count). The van der Waals surface area contributed by atoms with Crippen LogP contribution in [0.3, 0.4) is 0 Å². The molecule has 7 heteroatoms. The first kappa shape index (κ1) is 15.5. The highest BCUT2D eigenvalue weighted by molar-refractivity contribution is 5.62. The van der Waals surface area contributed by atoms with Gasteiger partial charge in [0.1, 0.15) is 5.69 Å². The number of nitro groups is 1. The summed E-state index contributed by atoms with van der Waals surface area (Å²) in [6.07, 6.45) is 2.10. The summed E-state index contributed by atoms with van der Waals surface area (Å²) in [6, 6.07) is 0. The van der Waals surface area contributed by atoms with Crippen LogP contribution in [-0.4, -0.2) is 35.0 Å². The van der Waals surface area contributed by atoms with E-state index in [1.54, 1.807) is 14.0 Å². The van der Waals surface area contributed by atoms with Crippen molar-refractivity contribution in [3.05, 3.63) is 15.8 Å². The van der Waals surface area contributed by atoms with Gasteiger partial charge in [0.25, 0.3) is 0 Å². The minimum absolute atomic E-state index is 0.0250. The molecule has 21 heavy (non-hydrogen) atoms. The number of anilines is 2. The minimum atomic E-state index is -0.376. The zero-order valence-corrected chi connectivity index (χ0v) is 13.1. The average molecular weight is 293 g/mol. The van der Waals surface area contributed by atoms with E-state index >= 15 is 0 Å². The first-order valence-corrected chi connectivity index (χ1v) is 7.39. The molecule has 0 bridgehead atoms. The molecule has 116 valence electrons. The molecule has 0 aliphatic carbocycles. The second-order valence-electron chi connectivity index (χ2n) is 5.88. The third-order valence-electron chi connectivity index (χ3n) is 4.23. The van der Waals surface area contributed by atoms with Crippen LogP contribution in [0, 0.1) is 28.9 Å². The Bertz CT molecular complexity index is 524. The van der Waals surface area contributed by atoms with Gasteiger partial charge in [0.05, 0.1) is 4.92 Å². The van der Waals surface area contributed by atoms with Gasteiger partial charge in [-0.05, 0) is 31.6 Å². The van der Waals surface area contributed by atoms with Gasteiger partial charge in [-0.2, -0.15) is 4.98 Å². The molecule has 0 spiro atoms. The topological polar surface area (TPSA) is 84.2 Å². The molecule has 1 aromatic heterocycles. The molecule has 0 aromatic carbocycles. The van der Waals surface area contributed by atoms with Crippen LogP contribution in [0.1, 0.15) is 32.4 Å². The molecule has 2 heterocycles. The summed E-state index contributed by atoms with van der Waals surface area (Å²) in [5, 5.41) is 14.2. The lowest BCUT2D eigenvalue weighted by atomic mass is 9.87. The number of aromatic nitrogens is 2. The standard InChI is InChI=1S/C14H23N5O2/c1-9(2)11-5-7-18(8-6-11)13-12(19(20)21)10(3)16-14(15-4)17-13/h9,11H,5-8H2,1-4H3,(H,15,16,17). The van der Waals surface area contributed by atoms with Crippen LogP contribution in [0.15, 0.2) is 0 Å². The quantitative estimate of drug-likeness (QED) is 0.678. The highest BCUT2D eigenvalue weighted by Gasteiger charge is 2.30. The fourth-order valence-corrected chi connectivity index (χ4v) is 2.88. The second-order valence-corrected chi connectivity index (χ2v) is 5.88. The molecule has 1 saturated heterocycles. The molecule has 1 aliphatic rings. The Morgan fingerprint density at radius 2 is 1.95 bits per heavy atom. The molecule has 0 atom stereocenters. The number of aryl methyl sites for hydroxylation is 1. The van der Waals surface area contributed by atoms with Crippen molar-refractivity contribution in [3.8, 4) is 0 Å². The van der Waals surface area contributed by atoms with Crippen LogP contribution in [0.5, 0.6) is 0 Å². The predicted molar refractivity (Wildman–Crippen MR) is 82.7 cm³/mol. The number of hydrogen-bond donors (Lipinski definition) is 1. The molecular weight excluding hydrogens is 270 g/mol. The van der Waals surface area contributed by atoms with Gasteiger partial charge in [-0.3, -0.25) is 10.1 Å². The molecule has 1 aromatic rings. The Morgan fingerprint density at radius 1 is 1.33 bits per heavy atom. The fourth-order valence-electron chi connectivity index (χ4n) is 2.88. The number of hydrogen-bond acceptors (Lipinski definition) is 6. The number of nitrogens with one attached hydrogen (secondary N) is 1. The lowest BCUT2D eigenvalue weighted by Crippen LogP contribution is -2.36. The molecule has 7 nitrogen and oxygen atoms in total. The fraction of sp³-hybridized carbons (Fsp3) is 0.714. The summed E-state index contributed by atoms with van der Waals surface area (Å²) in [5.74, 6) is 2.22. The first-order chi connectivity index (χ1) is 9.93. The van der Waals surface area contributed by atoms with Crippen molar-refractivity contribution in [2.45, 2.75) is 33.6 Å². The van der Waals surface area contributed by atoms with Crippen molar-refractivity contribution in [2.24, 2.45) is 11.8 Å². The van der Waals surface area contributed by atoms with Crippen molar-refractivity contribution in [2.75, 3.05) is 30.4 Å². The predicted octanol–water partition coefficient (Wildman–Crippen LogP) is 2.61. The summed E-state index contributed by atoms with van der Waals surface area (Å²) < 4.78 is 0. The van der Waals surface area contributed by atoms with Gasteiger partial charge in [-0.25, -0.2) is 4.98 Å². The monoisotopic (exact) mass is 293 g/mol. The van der Waals surface area contributed by atoms with Crippen molar-refractivity contribution >= 4 is 17.5 Å². The highest BCUT2D eigenvalue weighted by Crippen LogP contribution is 2.33. The van der Waals surface area contributed by atoms with E-state index in [1.807, 2.05) is 4.90 Å². The van der Waals surface area contributed by atoms with Gasteiger partial charge in [0.2, 0.25) is 11.8 Å². The number of piperidine rings is 1. The smallest absolute Gasteiger partial charge is 0.332 e. The summed E-state index contributed by atoms with van der Waals surface area (Å²) in [5.41, 5.74) is 0.428. The Balaban J connectivity index is 2.30. The summed E-state index contributed by atoms with van der Waals surface area (Å²) in [4.78, 5) is 21.4. The van der Waals surface area contributed by atoms with Crippen LogP contribution < -0.4 is 10.2 Å². The Morgan fingerprint density at radius 3 is 2.43 bits per heavy atom. The van der Waals surface area contributed by atoms with E-state index in [0.717, 1.165) is 25.9 Å². The summed E-state index contributed by atoms with van der Waals surface area (Å²) >= 11 is 0. The van der Waals surface area contributed by atoms with Crippen molar-refractivity contribution in [3.63, 3.8) is 0 Å². The summed E-state index contributed by atoms with van der Waals surface area (Å²) in [7, 11) is 1.72. The van der Waals surface area contributed by atoms with Gasteiger partial charge in [-0.15, -0.1) is 0 Å². The van der Waals surface area contributed by atoms with Crippen LogP contribution in [-0.2, 0) is 0 Å². The van der Waals surface area contributed by atoms with E-state index in [4.69, 9.17) is 0 Å². The second kappa shape index (κ2) is 6.24. The van der Waals surface area contributed by atoms with Crippen LogP contribution in [0.4, 0.5) is 17.5 Å². The molecule has 1 aliphatic heterocycles. The van der Waals surface area contributed by atoms with Gasteiger partial charge in [0.15, 0.2) is 0 Å². The lowest BCUT2D eigenvalue weighted by Gasteiger charge is -2.34. The molecule has 1 N–H and O–H groups in total. The van der Waals surface area contributed by atoms with Crippen molar-refractivity contribution in [1.29, 1.82) is 0 Å². The lowest BCUT2D eigenvalue weighted by molar-refractivity contribution is -0.385. The van der Waals surface area contributed by atoms with Gasteiger partial charge in [0, 0.05) is 20.1 Å². The zero-order chi connectivity index (χ0) is 15.6. The van der Waals surface area contributed by atoms with Crippen LogP contribution in [0.2, 0.25) is 0 Å². The Labute approximate surface area is 124 Å². The molecule has 0 saturated carbocycles. The van der Waals surface area contributed by atoms with Crippen LogP contribution in [0.25, 0.3) is 0 Å². The third-order valence-corrected chi connectivity index (χ3v) is 4.23. The Kier molecular flexibility index (Phi) is 4.59. The SMILES string of the molecule is CNc1nc(C)c([N+](=O)[O-])c(N2CCC(C(C)C)CC2)n1. The number of rotatable bonds is 4. The molecule has 0 radical (unpaired) electrons. The van der Waals surface area contributed by atoms with Gasteiger partial charge in [-0.1, -0.05) is 13.8 Å². The normalized spacial score (nSPS) is 16.3. The van der Waals surface area contributed by atoms with E-state index in [1.165, 1.54) is 0 Å². The largest absolute Gasteiger partial charge is 0.357 e. The van der Waals surface area contributed by atoms with Gasteiger partial charge < -0.3 is 10.2 Å². The van der Waals surface area contributed by atoms with E-state index in [9.17, 15) is 10.1 Å². The third kappa shape index (κ3) is 3.22. The maximum Gasteiger partial charge on any atom is 0.332 e. The minimum Gasteiger partial charge on any atom is -0.357 e. The average Bonchev–Trinajstić information content (AvgIpc) is 2.45. The van der Waals surface area contributed by atoms with E-state index < -0.39 is 0 Å². The summed E-state index contributed by atoms with van der Waals surface area (Å²) in [6.45, 7) is 7.74. The van der Waals surface area contributed by atoms with E-state index in [2.05, 4.69) is 29.1 Å². The maximum absolute atomic E-state index is 11.3.